The number of ketones is 2. The van der Waals surface area contributed by atoms with Crippen molar-refractivity contribution < 1.29 is 33.3 Å². The molecule has 174 valence electrons. The number of Topliss-reactive ketones (excluding diaryl/α,β-unsaturated/α-hetero) is 2. The second kappa shape index (κ2) is 12.2. The number of ether oxygens (including phenoxy) is 5. The number of carbonyl (C=O) groups excluding carboxylic acids is 2. The summed E-state index contributed by atoms with van der Waals surface area (Å²) in [5, 5.41) is 0. The average Bonchev–Trinajstić information content (AvgIpc) is 2.83. The molecule has 0 fully saturated rings. The molecule has 0 amide bonds. The van der Waals surface area contributed by atoms with Crippen LogP contribution in [0.5, 0.6) is 28.7 Å². The summed E-state index contributed by atoms with van der Waals surface area (Å²) in [6, 6.07) is 6.62. The van der Waals surface area contributed by atoms with Crippen LogP contribution in [0.2, 0.25) is 0 Å². The van der Waals surface area contributed by atoms with Gasteiger partial charge in [-0.2, -0.15) is 0 Å². The van der Waals surface area contributed by atoms with Crippen LogP contribution in [-0.4, -0.2) is 52.9 Å². The van der Waals surface area contributed by atoms with E-state index in [0.29, 0.717) is 46.5 Å². The quantitative estimate of drug-likeness (QED) is 0.301. The molecule has 0 N–H and O–H groups in total. The monoisotopic (exact) mass is 462 g/mol. The van der Waals surface area contributed by atoms with Crippen LogP contribution in [0.25, 0.3) is 0 Å². The van der Waals surface area contributed by atoms with Gasteiger partial charge in [0.25, 0.3) is 0 Å². The lowest BCUT2D eigenvalue weighted by atomic mass is 10.0. The molecule has 0 saturated heterocycles. The summed E-state index contributed by atoms with van der Waals surface area (Å²) in [6.07, 6.45) is 2.88. The molecule has 0 atom stereocenters. The van der Waals surface area contributed by atoms with E-state index in [1.165, 1.54) is 33.1 Å². The molecule has 32 heavy (non-hydrogen) atoms. The maximum Gasteiger partial charge on any atom is 0.203 e. The van der Waals surface area contributed by atoms with Gasteiger partial charge >= 0.3 is 0 Å². The molecule has 8 heteroatoms. The normalized spacial score (nSPS) is 10.4. The fourth-order valence-electron chi connectivity index (χ4n) is 3.15. The lowest BCUT2D eigenvalue weighted by molar-refractivity contribution is 0.0917. The molecule has 0 spiro atoms. The highest BCUT2D eigenvalue weighted by Gasteiger charge is 2.20. The van der Waals surface area contributed by atoms with Gasteiger partial charge in [0.2, 0.25) is 5.75 Å². The second-order valence-corrected chi connectivity index (χ2v) is 7.67. The second-order valence-electron chi connectivity index (χ2n) is 6.82. The van der Waals surface area contributed by atoms with E-state index in [0.717, 1.165) is 11.3 Å². The first-order valence-corrected chi connectivity index (χ1v) is 11.4. The Morgan fingerprint density at radius 3 is 1.62 bits per heavy atom. The predicted octanol–water partition coefficient (Wildman–Crippen LogP) is 5.08. The number of rotatable bonds is 13. The number of thioether (sulfide) groups is 1. The van der Waals surface area contributed by atoms with Crippen LogP contribution in [0.1, 0.15) is 46.9 Å². The van der Waals surface area contributed by atoms with Crippen molar-refractivity contribution in [2.45, 2.75) is 31.1 Å². The van der Waals surface area contributed by atoms with Crippen molar-refractivity contribution in [3.8, 4) is 28.7 Å². The summed E-state index contributed by atoms with van der Waals surface area (Å²) in [5.74, 6) is 1.97. The van der Waals surface area contributed by atoms with Crippen molar-refractivity contribution >= 4 is 23.3 Å². The molecule has 0 aromatic heterocycles. The number of hydrogen-bond acceptors (Lipinski definition) is 8. The van der Waals surface area contributed by atoms with Gasteiger partial charge in [0.1, 0.15) is 0 Å². The van der Waals surface area contributed by atoms with Crippen molar-refractivity contribution in [3.63, 3.8) is 0 Å². The Balaban J connectivity index is 2.21. The lowest BCUT2D eigenvalue weighted by Crippen LogP contribution is -2.08. The zero-order valence-corrected chi connectivity index (χ0v) is 20.2. The summed E-state index contributed by atoms with van der Waals surface area (Å²) < 4.78 is 27.1. The smallest absolute Gasteiger partial charge is 0.203 e. The van der Waals surface area contributed by atoms with E-state index in [-0.39, 0.29) is 24.4 Å². The highest BCUT2D eigenvalue weighted by molar-refractivity contribution is 7.98. The summed E-state index contributed by atoms with van der Waals surface area (Å²) in [4.78, 5) is 26.5. The SMILES string of the molecule is CCCOc1c(OC)cc(C(=O)CCC(=O)c2cc(OC)c(OC)c(OC)c2)cc1SC. The zero-order chi connectivity index (χ0) is 23.7. The summed E-state index contributed by atoms with van der Waals surface area (Å²) in [7, 11) is 6.01. The van der Waals surface area contributed by atoms with Crippen LogP contribution in [-0.2, 0) is 0 Å². The minimum absolute atomic E-state index is 0.0441. The highest BCUT2D eigenvalue weighted by Crippen LogP contribution is 2.40. The molecule has 0 bridgehead atoms. The van der Waals surface area contributed by atoms with E-state index in [2.05, 4.69) is 0 Å². The molecule has 0 heterocycles. The molecule has 2 aromatic carbocycles. The van der Waals surface area contributed by atoms with E-state index in [1.54, 1.807) is 31.4 Å². The number of methoxy groups -OCH3 is 4. The molecule has 2 rings (SSSR count). The van der Waals surface area contributed by atoms with Crippen LogP contribution >= 0.6 is 11.8 Å². The Bertz CT molecular complexity index is 905. The predicted molar refractivity (Wildman–Crippen MR) is 125 cm³/mol. The van der Waals surface area contributed by atoms with E-state index in [9.17, 15) is 9.59 Å². The molecular weight excluding hydrogens is 432 g/mol. The molecule has 0 radical (unpaired) electrons. The van der Waals surface area contributed by atoms with Crippen LogP contribution in [0.15, 0.2) is 29.2 Å². The first kappa shape index (κ1) is 25.4. The maximum atomic E-state index is 12.9. The topological polar surface area (TPSA) is 80.3 Å². The van der Waals surface area contributed by atoms with Crippen LogP contribution < -0.4 is 23.7 Å². The fraction of sp³-hybridized carbons (Fsp3) is 0.417. The van der Waals surface area contributed by atoms with Crippen LogP contribution in [0.4, 0.5) is 0 Å². The highest BCUT2D eigenvalue weighted by atomic mass is 32.2. The fourth-order valence-corrected chi connectivity index (χ4v) is 3.73. The Morgan fingerprint density at radius 2 is 1.22 bits per heavy atom. The molecule has 0 aliphatic heterocycles. The maximum absolute atomic E-state index is 12.9. The lowest BCUT2D eigenvalue weighted by Gasteiger charge is -2.15. The van der Waals surface area contributed by atoms with Gasteiger partial charge in [-0.15, -0.1) is 11.8 Å². The first-order chi connectivity index (χ1) is 15.4. The Morgan fingerprint density at radius 1 is 0.750 bits per heavy atom. The minimum Gasteiger partial charge on any atom is -0.493 e. The van der Waals surface area contributed by atoms with Crippen molar-refractivity contribution in [1.29, 1.82) is 0 Å². The van der Waals surface area contributed by atoms with Gasteiger partial charge in [0.15, 0.2) is 34.6 Å². The van der Waals surface area contributed by atoms with E-state index in [4.69, 9.17) is 23.7 Å². The molecule has 0 unspecified atom stereocenters. The van der Waals surface area contributed by atoms with Gasteiger partial charge in [-0.05, 0) is 36.9 Å². The third kappa shape index (κ3) is 5.88. The molecule has 0 aliphatic carbocycles. The number of hydrogen-bond donors (Lipinski definition) is 0. The third-order valence-corrected chi connectivity index (χ3v) is 5.54. The van der Waals surface area contributed by atoms with Gasteiger partial charge in [-0.1, -0.05) is 6.92 Å². The Hall–Kier alpha value is -2.87. The van der Waals surface area contributed by atoms with Crippen LogP contribution in [0, 0.1) is 0 Å². The zero-order valence-electron chi connectivity index (χ0n) is 19.4. The molecular formula is C24H30O7S. The third-order valence-electron chi connectivity index (χ3n) is 4.80. The van der Waals surface area contributed by atoms with E-state index in [1.807, 2.05) is 13.2 Å². The van der Waals surface area contributed by atoms with Crippen molar-refractivity contribution in [3.05, 3.63) is 35.4 Å². The molecule has 7 nitrogen and oxygen atoms in total. The summed E-state index contributed by atoms with van der Waals surface area (Å²) in [6.45, 7) is 2.58. The van der Waals surface area contributed by atoms with Crippen molar-refractivity contribution in [2.24, 2.45) is 0 Å². The standard InChI is InChI=1S/C24H30O7S/c1-7-10-31-24-21(29-4)13-16(14-22(24)32-6)18(26)9-8-17(25)15-11-19(27-2)23(30-5)20(12-15)28-3/h11-14H,7-10H2,1-6H3. The van der Waals surface area contributed by atoms with Gasteiger partial charge in [-0.3, -0.25) is 9.59 Å². The van der Waals surface area contributed by atoms with Crippen molar-refractivity contribution in [1.82, 2.24) is 0 Å². The number of carbonyl (C=O) groups is 2. The van der Waals surface area contributed by atoms with Gasteiger partial charge in [0, 0.05) is 24.0 Å². The summed E-state index contributed by atoms with van der Waals surface area (Å²) >= 11 is 1.48. The Labute approximate surface area is 193 Å². The largest absolute Gasteiger partial charge is 0.493 e. The van der Waals surface area contributed by atoms with Crippen molar-refractivity contribution in [2.75, 3.05) is 41.3 Å². The van der Waals surface area contributed by atoms with Crippen LogP contribution in [0.3, 0.4) is 0 Å². The van der Waals surface area contributed by atoms with E-state index < -0.39 is 0 Å². The molecule has 2 aromatic rings. The van der Waals surface area contributed by atoms with E-state index >= 15 is 0 Å². The average molecular weight is 463 g/mol. The van der Waals surface area contributed by atoms with Gasteiger partial charge in [-0.25, -0.2) is 0 Å². The number of benzene rings is 2. The van der Waals surface area contributed by atoms with Gasteiger partial charge in [0.05, 0.1) is 39.9 Å². The van der Waals surface area contributed by atoms with Gasteiger partial charge < -0.3 is 23.7 Å². The summed E-state index contributed by atoms with van der Waals surface area (Å²) in [5.41, 5.74) is 0.866. The Kier molecular flexibility index (Phi) is 9.71. The molecule has 0 aliphatic rings. The first-order valence-electron chi connectivity index (χ1n) is 10.2. The minimum atomic E-state index is -0.197. The molecule has 0 saturated carbocycles.